The number of carbonyl (C=O) groups is 2. The lowest BCUT2D eigenvalue weighted by molar-refractivity contribution is 0.0490. The van der Waals surface area contributed by atoms with Crippen molar-refractivity contribution in [3.05, 3.63) is 47.8 Å². The van der Waals surface area contributed by atoms with Gasteiger partial charge in [0.25, 0.3) is 11.8 Å². The number of nitrogens with one attached hydrogen (secondary N) is 2. The van der Waals surface area contributed by atoms with Crippen molar-refractivity contribution in [1.82, 2.24) is 20.2 Å². The van der Waals surface area contributed by atoms with Crippen LogP contribution in [0.1, 0.15) is 33.7 Å². The van der Waals surface area contributed by atoms with Gasteiger partial charge in [0.05, 0.1) is 11.1 Å². The average Bonchev–Trinajstić information content (AvgIpc) is 3.29. The molecular weight excluding hydrogens is 436 g/mol. The van der Waals surface area contributed by atoms with Crippen molar-refractivity contribution in [3.63, 3.8) is 0 Å². The number of anilines is 1. The van der Waals surface area contributed by atoms with Crippen LogP contribution in [-0.2, 0) is 0 Å². The molecule has 178 valence electrons. The summed E-state index contributed by atoms with van der Waals surface area (Å²) in [4.78, 5) is 33.3. The second kappa shape index (κ2) is 9.22. The summed E-state index contributed by atoms with van der Waals surface area (Å²) in [7, 11) is 0. The average molecular weight is 465 g/mol. The summed E-state index contributed by atoms with van der Waals surface area (Å²) in [6, 6.07) is 8.79. The highest BCUT2D eigenvalue weighted by Gasteiger charge is 2.28. The van der Waals surface area contributed by atoms with Gasteiger partial charge in [-0.25, -0.2) is 4.98 Å². The van der Waals surface area contributed by atoms with Crippen LogP contribution in [0, 0.1) is 5.92 Å². The minimum atomic E-state index is -0.513. The van der Waals surface area contributed by atoms with E-state index in [1.54, 1.807) is 24.4 Å². The summed E-state index contributed by atoms with van der Waals surface area (Å²) in [5, 5.41) is 3.78. The number of fused-ring (bicyclic) bond motifs is 3. The Labute approximate surface area is 196 Å². The van der Waals surface area contributed by atoms with E-state index in [2.05, 4.69) is 20.2 Å². The molecule has 2 aliphatic heterocycles. The highest BCUT2D eigenvalue weighted by atomic mass is 16.6. The molecule has 0 radical (unpaired) electrons. The van der Waals surface area contributed by atoms with E-state index < -0.39 is 5.91 Å². The van der Waals surface area contributed by atoms with Crippen LogP contribution in [0.15, 0.2) is 36.5 Å². The van der Waals surface area contributed by atoms with Gasteiger partial charge >= 0.3 is 0 Å². The summed E-state index contributed by atoms with van der Waals surface area (Å²) in [6.07, 6.45) is 3.42. The maximum absolute atomic E-state index is 12.4. The Balaban J connectivity index is 1.13. The Hall–Kier alpha value is -3.79. The number of ether oxygens (including phenoxy) is 2. The van der Waals surface area contributed by atoms with Crippen molar-refractivity contribution in [2.75, 3.05) is 38.5 Å². The number of hydrogen-bond donors (Lipinski definition) is 4. The number of carbonyl (C=O) groups excluding carboxylic acids is 2. The van der Waals surface area contributed by atoms with E-state index in [1.165, 1.54) is 0 Å². The molecule has 6 N–H and O–H groups in total. The monoisotopic (exact) mass is 464 g/mol. The molecule has 10 heteroatoms. The lowest BCUT2D eigenvalue weighted by atomic mass is 9.96. The molecular formula is C24H28N6O4. The highest BCUT2D eigenvalue weighted by molar-refractivity contribution is 6.00. The number of nitrogen functional groups attached to an aromatic ring is 1. The van der Waals surface area contributed by atoms with Crippen LogP contribution < -0.4 is 26.3 Å². The fourth-order valence-electron chi connectivity index (χ4n) is 4.60. The number of likely N-dealkylation sites (tertiary alicyclic amines) is 1. The Bertz CT molecular complexity index is 1220. The molecule has 1 saturated heterocycles. The second-order valence-corrected chi connectivity index (χ2v) is 8.84. The number of hydrogen-bond acceptors (Lipinski definition) is 7. The first kappa shape index (κ1) is 22.0. The van der Waals surface area contributed by atoms with Crippen LogP contribution >= 0.6 is 0 Å². The minimum Gasteiger partial charge on any atom is -0.486 e. The van der Waals surface area contributed by atoms with Crippen molar-refractivity contribution in [3.8, 4) is 11.5 Å². The van der Waals surface area contributed by atoms with Gasteiger partial charge in [-0.1, -0.05) is 0 Å². The fourth-order valence-corrected chi connectivity index (χ4v) is 4.60. The first-order valence-corrected chi connectivity index (χ1v) is 11.4. The molecule has 34 heavy (non-hydrogen) atoms. The summed E-state index contributed by atoms with van der Waals surface area (Å²) in [6.45, 7) is 3.67. The smallest absolute Gasteiger partial charge is 0.265 e. The normalized spacial score (nSPS) is 18.6. The van der Waals surface area contributed by atoms with Crippen molar-refractivity contribution in [1.29, 1.82) is 0 Å². The van der Waals surface area contributed by atoms with E-state index in [4.69, 9.17) is 20.9 Å². The van der Waals surface area contributed by atoms with Gasteiger partial charge in [-0.05, 0) is 62.2 Å². The number of piperidine rings is 1. The third-order valence-corrected chi connectivity index (χ3v) is 6.50. The van der Waals surface area contributed by atoms with E-state index in [9.17, 15) is 9.59 Å². The van der Waals surface area contributed by atoms with E-state index in [0.29, 0.717) is 41.8 Å². The third-order valence-electron chi connectivity index (χ3n) is 6.50. The first-order chi connectivity index (χ1) is 16.5. The summed E-state index contributed by atoms with van der Waals surface area (Å²) >= 11 is 0. The Morgan fingerprint density at radius 2 is 2.06 bits per heavy atom. The fraction of sp³-hybridized carbons (Fsp3) is 0.375. The van der Waals surface area contributed by atoms with Gasteiger partial charge in [-0.3, -0.25) is 14.5 Å². The molecule has 10 nitrogen and oxygen atoms in total. The van der Waals surface area contributed by atoms with Crippen molar-refractivity contribution in [2.24, 2.45) is 11.7 Å². The van der Waals surface area contributed by atoms with Crippen molar-refractivity contribution >= 4 is 28.5 Å². The van der Waals surface area contributed by atoms with Gasteiger partial charge in [-0.2, -0.15) is 0 Å². The van der Waals surface area contributed by atoms with Gasteiger partial charge in [0, 0.05) is 24.7 Å². The Morgan fingerprint density at radius 1 is 1.24 bits per heavy atom. The van der Waals surface area contributed by atoms with Crippen LogP contribution in [0.25, 0.3) is 10.9 Å². The molecule has 1 unspecified atom stereocenters. The standard InChI is InChI=1S/C24H28N6O4/c25-22-16(2-1-7-27-22)24(32)28-11-14-5-8-30(9-6-14)12-15-13-33-20-4-3-18-17(21(20)34-15)10-19(29-18)23(26)31/h1-4,7,10,14-15,29H,5-6,8-9,11-13H2,(H2,25,27)(H2,26,31)(H,28,32). The molecule has 1 aromatic carbocycles. The number of pyridine rings is 1. The third kappa shape index (κ3) is 4.49. The first-order valence-electron chi connectivity index (χ1n) is 11.4. The minimum absolute atomic E-state index is 0.116. The van der Waals surface area contributed by atoms with Crippen LogP contribution in [0.3, 0.4) is 0 Å². The van der Waals surface area contributed by atoms with Gasteiger partial charge in [-0.15, -0.1) is 0 Å². The maximum atomic E-state index is 12.4. The van der Waals surface area contributed by atoms with E-state index in [-0.39, 0.29) is 17.8 Å². The number of amides is 2. The quantitative estimate of drug-likeness (QED) is 0.432. The summed E-state index contributed by atoms with van der Waals surface area (Å²) < 4.78 is 12.2. The number of benzene rings is 1. The second-order valence-electron chi connectivity index (χ2n) is 8.84. The lowest BCUT2D eigenvalue weighted by Gasteiger charge is -2.35. The maximum Gasteiger partial charge on any atom is 0.265 e. The molecule has 0 spiro atoms. The largest absolute Gasteiger partial charge is 0.486 e. The molecule has 1 fully saturated rings. The summed E-state index contributed by atoms with van der Waals surface area (Å²) in [5.74, 6) is 1.27. The Kier molecular flexibility index (Phi) is 5.97. The lowest BCUT2D eigenvalue weighted by Crippen LogP contribution is -2.45. The Morgan fingerprint density at radius 3 is 2.82 bits per heavy atom. The molecule has 0 bridgehead atoms. The molecule has 2 aromatic heterocycles. The molecule has 3 aromatic rings. The predicted octanol–water partition coefficient (Wildman–Crippen LogP) is 1.53. The zero-order chi connectivity index (χ0) is 23.7. The number of aromatic amines is 1. The van der Waals surface area contributed by atoms with Gasteiger partial charge in [0.1, 0.15) is 24.2 Å². The van der Waals surface area contributed by atoms with Crippen LogP contribution in [0.5, 0.6) is 11.5 Å². The van der Waals surface area contributed by atoms with Crippen LogP contribution in [-0.4, -0.2) is 65.6 Å². The number of aromatic nitrogens is 2. The molecule has 1 atom stereocenters. The number of nitrogens with two attached hydrogens (primary N) is 2. The zero-order valence-electron chi connectivity index (χ0n) is 18.8. The van der Waals surface area contributed by atoms with E-state index in [1.807, 2.05) is 12.1 Å². The molecule has 2 amide bonds. The predicted molar refractivity (Wildman–Crippen MR) is 127 cm³/mol. The number of rotatable bonds is 6. The van der Waals surface area contributed by atoms with Crippen LogP contribution in [0.4, 0.5) is 5.82 Å². The molecule has 0 aliphatic carbocycles. The molecule has 5 rings (SSSR count). The molecule has 4 heterocycles. The molecule has 0 saturated carbocycles. The summed E-state index contributed by atoms with van der Waals surface area (Å²) in [5.41, 5.74) is 12.7. The van der Waals surface area contributed by atoms with Crippen LogP contribution in [0.2, 0.25) is 0 Å². The highest BCUT2D eigenvalue weighted by Crippen LogP contribution is 2.39. The topological polar surface area (TPSA) is 149 Å². The van der Waals surface area contributed by atoms with Gasteiger partial charge in [0.2, 0.25) is 0 Å². The number of primary amides is 1. The zero-order valence-corrected chi connectivity index (χ0v) is 18.8. The number of H-pyrrole nitrogens is 1. The number of nitrogens with zero attached hydrogens (tertiary/aromatic N) is 2. The van der Waals surface area contributed by atoms with E-state index in [0.717, 1.165) is 43.4 Å². The van der Waals surface area contributed by atoms with E-state index >= 15 is 0 Å². The molecule has 2 aliphatic rings. The van der Waals surface area contributed by atoms with Gasteiger partial charge in [0.15, 0.2) is 11.5 Å². The van der Waals surface area contributed by atoms with Crippen molar-refractivity contribution < 1.29 is 19.1 Å². The SMILES string of the molecule is NC(=O)c1cc2c3c(ccc2[nH]1)OCC(CN1CCC(CNC(=O)c2cccnc2N)CC1)O3. The van der Waals surface area contributed by atoms with Gasteiger partial charge < -0.3 is 31.2 Å². The van der Waals surface area contributed by atoms with Crippen molar-refractivity contribution in [2.45, 2.75) is 18.9 Å².